The molecular formula is C26H25ClFN3O3S2. The van der Waals surface area contributed by atoms with E-state index < -0.39 is 0 Å². The zero-order chi connectivity index (χ0) is 25.5. The van der Waals surface area contributed by atoms with Gasteiger partial charge in [-0.25, -0.2) is 9.37 Å². The molecule has 0 fully saturated rings. The lowest BCUT2D eigenvalue weighted by molar-refractivity contribution is -0.116. The second-order valence-electron chi connectivity index (χ2n) is 8.06. The van der Waals surface area contributed by atoms with Crippen molar-refractivity contribution in [3.05, 3.63) is 80.7 Å². The van der Waals surface area contributed by atoms with Gasteiger partial charge in [0.2, 0.25) is 5.91 Å². The fraction of sp³-hybridized carbons (Fsp3) is 0.269. The van der Waals surface area contributed by atoms with E-state index in [2.05, 4.69) is 10.3 Å². The topological polar surface area (TPSA) is 73.2 Å². The predicted octanol–water partition coefficient (Wildman–Crippen LogP) is 6.75. The van der Waals surface area contributed by atoms with E-state index in [0.29, 0.717) is 51.8 Å². The number of carbonyl (C=O) groups excluding carboxylic acids is 1. The maximum atomic E-state index is 14.2. The Bertz CT molecular complexity index is 1390. The minimum atomic E-state index is -0.381. The molecule has 0 aliphatic rings. The highest BCUT2D eigenvalue weighted by atomic mass is 35.5. The fourth-order valence-electron chi connectivity index (χ4n) is 3.67. The number of aromatic nitrogens is 2. The van der Waals surface area contributed by atoms with Gasteiger partial charge >= 0.3 is 0 Å². The Morgan fingerprint density at radius 1 is 1.17 bits per heavy atom. The number of hydrogen-bond acceptors (Lipinski definition) is 6. The summed E-state index contributed by atoms with van der Waals surface area (Å²) in [5.41, 5.74) is 1.64. The van der Waals surface area contributed by atoms with Gasteiger partial charge in [-0.1, -0.05) is 35.9 Å². The van der Waals surface area contributed by atoms with Crippen LogP contribution in [0.15, 0.2) is 63.9 Å². The van der Waals surface area contributed by atoms with Gasteiger partial charge < -0.3 is 10.1 Å². The van der Waals surface area contributed by atoms with Gasteiger partial charge in [-0.05, 0) is 60.7 Å². The molecule has 0 aliphatic carbocycles. The van der Waals surface area contributed by atoms with Crippen LogP contribution in [0.25, 0.3) is 10.2 Å². The molecule has 6 nitrogen and oxygen atoms in total. The molecule has 0 saturated heterocycles. The molecule has 0 radical (unpaired) electrons. The lowest BCUT2D eigenvalue weighted by Gasteiger charge is -2.13. The van der Waals surface area contributed by atoms with Crippen molar-refractivity contribution in [1.82, 2.24) is 9.55 Å². The number of ether oxygens (including phenoxy) is 1. The number of fused-ring (bicyclic) bond motifs is 1. The number of thiophene rings is 1. The van der Waals surface area contributed by atoms with Crippen molar-refractivity contribution in [2.24, 2.45) is 0 Å². The number of benzene rings is 2. The van der Waals surface area contributed by atoms with E-state index in [-0.39, 0.29) is 23.0 Å². The first kappa shape index (κ1) is 26.2. The Kier molecular flexibility index (Phi) is 9.01. The first-order valence-electron chi connectivity index (χ1n) is 11.4. The van der Waals surface area contributed by atoms with Crippen LogP contribution in [-0.2, 0) is 17.1 Å². The summed E-state index contributed by atoms with van der Waals surface area (Å²) >= 11 is 8.83. The van der Waals surface area contributed by atoms with Gasteiger partial charge in [0, 0.05) is 35.0 Å². The van der Waals surface area contributed by atoms with Crippen molar-refractivity contribution in [1.29, 1.82) is 0 Å². The van der Waals surface area contributed by atoms with Gasteiger partial charge in [0.05, 0.1) is 12.6 Å². The number of methoxy groups -OCH3 is 1. The Morgan fingerprint density at radius 3 is 2.72 bits per heavy atom. The largest absolute Gasteiger partial charge is 0.497 e. The highest BCUT2D eigenvalue weighted by Gasteiger charge is 2.15. The zero-order valence-electron chi connectivity index (χ0n) is 19.6. The lowest BCUT2D eigenvalue weighted by Crippen LogP contribution is -2.22. The van der Waals surface area contributed by atoms with E-state index in [1.54, 1.807) is 48.1 Å². The second-order valence-corrected chi connectivity index (χ2v) is 10.3. The van der Waals surface area contributed by atoms with Crippen molar-refractivity contribution in [2.45, 2.75) is 43.1 Å². The van der Waals surface area contributed by atoms with Crippen LogP contribution in [0.2, 0.25) is 5.02 Å². The number of amides is 1. The first-order valence-corrected chi connectivity index (χ1v) is 13.7. The van der Waals surface area contributed by atoms with E-state index in [9.17, 15) is 14.0 Å². The third kappa shape index (κ3) is 6.46. The Balaban J connectivity index is 1.35. The number of thioether (sulfide) groups is 1. The first-order chi connectivity index (χ1) is 17.5. The van der Waals surface area contributed by atoms with Crippen LogP contribution in [0, 0.1) is 5.82 Å². The molecule has 0 aliphatic heterocycles. The number of halogens is 2. The highest BCUT2D eigenvalue weighted by Crippen LogP contribution is 2.29. The number of unbranched alkanes of at least 4 members (excludes halogenated alkanes) is 2. The molecule has 2 aromatic carbocycles. The van der Waals surface area contributed by atoms with Crippen LogP contribution in [0.3, 0.4) is 0 Å². The molecule has 1 amide bonds. The number of nitrogens with one attached hydrogen (secondary N) is 1. The quantitative estimate of drug-likeness (QED) is 0.128. The molecular weight excluding hydrogens is 521 g/mol. The molecule has 0 spiro atoms. The maximum absolute atomic E-state index is 14.2. The number of anilines is 1. The number of rotatable bonds is 11. The van der Waals surface area contributed by atoms with E-state index in [0.717, 1.165) is 17.9 Å². The van der Waals surface area contributed by atoms with Gasteiger partial charge in [-0.15, -0.1) is 11.3 Å². The molecule has 0 atom stereocenters. The summed E-state index contributed by atoms with van der Waals surface area (Å²) in [6.45, 7) is 0.465. The van der Waals surface area contributed by atoms with Crippen molar-refractivity contribution in [3.8, 4) is 5.75 Å². The Labute approximate surface area is 221 Å². The van der Waals surface area contributed by atoms with Crippen LogP contribution in [-0.4, -0.2) is 22.6 Å². The van der Waals surface area contributed by atoms with Crippen LogP contribution < -0.4 is 15.6 Å². The summed E-state index contributed by atoms with van der Waals surface area (Å²) in [5, 5.41) is 5.59. The van der Waals surface area contributed by atoms with Gasteiger partial charge in [0.25, 0.3) is 5.56 Å². The third-order valence-electron chi connectivity index (χ3n) is 5.60. The monoisotopic (exact) mass is 545 g/mol. The molecule has 2 heterocycles. The number of hydrogen-bond donors (Lipinski definition) is 1. The molecule has 4 aromatic rings. The highest BCUT2D eigenvalue weighted by molar-refractivity contribution is 7.98. The molecule has 0 bridgehead atoms. The number of nitrogens with zero attached hydrogens (tertiary/aromatic N) is 2. The van der Waals surface area contributed by atoms with Gasteiger partial charge in [-0.3, -0.25) is 14.2 Å². The Hall–Kier alpha value is -2.88. The predicted molar refractivity (Wildman–Crippen MR) is 145 cm³/mol. The summed E-state index contributed by atoms with van der Waals surface area (Å²) in [6, 6.07) is 13.6. The number of carbonyl (C=O) groups is 1. The zero-order valence-corrected chi connectivity index (χ0v) is 22.0. The normalized spacial score (nSPS) is 11.1. The van der Waals surface area contributed by atoms with Gasteiger partial charge in [-0.2, -0.15) is 0 Å². The average molecular weight is 546 g/mol. The molecule has 1 N–H and O–H groups in total. The molecule has 4 rings (SSSR count). The minimum absolute atomic E-state index is 0.0583. The standard InChI is InChI=1S/C26H25ClFN3O3S2/c1-34-18-11-9-17(10-12-18)29-23(32)8-3-2-4-14-31-25(33)24-22(13-15-35-24)30-26(31)36-16-19-20(27)6-5-7-21(19)28/h5-7,9-13,15H,2-4,8,14,16H2,1H3,(H,29,32). The fourth-order valence-corrected chi connectivity index (χ4v) is 5.82. The molecule has 10 heteroatoms. The molecule has 2 aromatic heterocycles. The SMILES string of the molecule is COc1ccc(NC(=O)CCCCCn2c(SCc3c(F)cccc3Cl)nc3ccsc3c2=O)cc1. The molecule has 0 saturated carbocycles. The third-order valence-corrected chi connectivity index (χ3v) is 7.85. The average Bonchev–Trinajstić information content (AvgIpc) is 3.34. The summed E-state index contributed by atoms with van der Waals surface area (Å²) in [6.07, 6.45) is 2.56. The Morgan fingerprint density at radius 2 is 1.97 bits per heavy atom. The lowest BCUT2D eigenvalue weighted by atomic mass is 10.2. The van der Waals surface area contributed by atoms with E-state index in [4.69, 9.17) is 16.3 Å². The van der Waals surface area contributed by atoms with Crippen molar-refractivity contribution < 1.29 is 13.9 Å². The summed E-state index contributed by atoms with van der Waals surface area (Å²) in [4.78, 5) is 30.0. The maximum Gasteiger partial charge on any atom is 0.272 e. The summed E-state index contributed by atoms with van der Waals surface area (Å²) in [7, 11) is 1.59. The summed E-state index contributed by atoms with van der Waals surface area (Å²) in [5.74, 6) is 0.553. The van der Waals surface area contributed by atoms with Crippen molar-refractivity contribution in [3.63, 3.8) is 0 Å². The van der Waals surface area contributed by atoms with Crippen LogP contribution in [0.5, 0.6) is 5.75 Å². The van der Waals surface area contributed by atoms with Gasteiger partial charge in [0.15, 0.2) is 5.16 Å². The van der Waals surface area contributed by atoms with E-state index >= 15 is 0 Å². The van der Waals surface area contributed by atoms with Crippen LogP contribution in [0.4, 0.5) is 10.1 Å². The molecule has 36 heavy (non-hydrogen) atoms. The smallest absolute Gasteiger partial charge is 0.272 e. The van der Waals surface area contributed by atoms with E-state index in [1.807, 2.05) is 11.4 Å². The second kappa shape index (κ2) is 12.4. The van der Waals surface area contributed by atoms with Gasteiger partial charge in [0.1, 0.15) is 16.3 Å². The minimum Gasteiger partial charge on any atom is -0.497 e. The summed E-state index contributed by atoms with van der Waals surface area (Å²) < 4.78 is 21.6. The molecule has 188 valence electrons. The van der Waals surface area contributed by atoms with Crippen LogP contribution in [0.1, 0.15) is 31.2 Å². The molecule has 0 unspecified atom stereocenters. The van der Waals surface area contributed by atoms with Crippen LogP contribution >= 0.6 is 34.7 Å². The van der Waals surface area contributed by atoms with Crippen molar-refractivity contribution in [2.75, 3.05) is 12.4 Å². The van der Waals surface area contributed by atoms with Crippen molar-refractivity contribution >= 4 is 56.5 Å². The van der Waals surface area contributed by atoms with E-state index in [1.165, 1.54) is 29.2 Å².